The van der Waals surface area contributed by atoms with Gasteiger partial charge >= 0.3 is 0 Å². The van der Waals surface area contributed by atoms with Gasteiger partial charge in [-0.2, -0.15) is 5.10 Å². The monoisotopic (exact) mass is 457 g/mol. The van der Waals surface area contributed by atoms with Crippen LogP contribution in [0.2, 0.25) is 0 Å². The standard InChI is InChI=1S/C25H23N5O2S/c1-2-32-22-16-10-9-13-20(22)17-26-27-23(31)18-33-25-29-28-24(19-11-5-3-6-12-19)30(25)21-14-7-4-8-15-21/h3-17H,2,18H2,1H3,(H,27,31)/b26-17+. The number of carbonyl (C=O) groups is 1. The van der Waals surface area contributed by atoms with E-state index in [1.807, 2.05) is 96.4 Å². The number of nitrogens with one attached hydrogen (secondary N) is 1. The van der Waals surface area contributed by atoms with Crippen molar-refractivity contribution in [2.24, 2.45) is 5.10 Å². The second-order valence-corrected chi connectivity index (χ2v) is 7.84. The van der Waals surface area contributed by atoms with E-state index < -0.39 is 0 Å². The SMILES string of the molecule is CCOc1ccccc1/C=N/NC(=O)CSc1nnc(-c2ccccc2)n1-c1ccccc1. The van der Waals surface area contributed by atoms with Crippen LogP contribution in [0.4, 0.5) is 0 Å². The van der Waals surface area contributed by atoms with Crippen LogP contribution in [-0.2, 0) is 4.79 Å². The van der Waals surface area contributed by atoms with Crippen LogP contribution in [0.3, 0.4) is 0 Å². The molecule has 0 bridgehead atoms. The number of nitrogens with zero attached hydrogens (tertiary/aromatic N) is 4. The number of amides is 1. The summed E-state index contributed by atoms with van der Waals surface area (Å²) in [5.74, 6) is 1.34. The first kappa shape index (κ1) is 22.3. The summed E-state index contributed by atoms with van der Waals surface area (Å²) >= 11 is 1.30. The molecule has 1 aromatic heterocycles. The molecule has 4 aromatic rings. The number of hydrogen-bond acceptors (Lipinski definition) is 6. The Kier molecular flexibility index (Phi) is 7.50. The second kappa shape index (κ2) is 11.1. The van der Waals surface area contributed by atoms with Gasteiger partial charge in [0, 0.05) is 16.8 Å². The van der Waals surface area contributed by atoms with Gasteiger partial charge in [0.05, 0.1) is 18.6 Å². The minimum Gasteiger partial charge on any atom is -0.493 e. The van der Waals surface area contributed by atoms with E-state index in [9.17, 15) is 4.79 Å². The highest BCUT2D eigenvalue weighted by Crippen LogP contribution is 2.27. The number of hydrogen-bond donors (Lipinski definition) is 1. The number of carbonyl (C=O) groups excluding carboxylic acids is 1. The van der Waals surface area contributed by atoms with Gasteiger partial charge in [-0.15, -0.1) is 10.2 Å². The molecule has 0 atom stereocenters. The van der Waals surface area contributed by atoms with Gasteiger partial charge in [-0.25, -0.2) is 5.43 Å². The third-order valence-corrected chi connectivity index (χ3v) is 5.55. The van der Waals surface area contributed by atoms with E-state index in [-0.39, 0.29) is 11.7 Å². The van der Waals surface area contributed by atoms with Crippen LogP contribution in [0.1, 0.15) is 12.5 Å². The molecule has 0 saturated carbocycles. The zero-order valence-electron chi connectivity index (χ0n) is 18.1. The summed E-state index contributed by atoms with van der Waals surface area (Å²) in [6, 6.07) is 27.2. The Morgan fingerprint density at radius 3 is 2.45 bits per heavy atom. The summed E-state index contributed by atoms with van der Waals surface area (Å²) in [5.41, 5.74) is 5.23. The fourth-order valence-electron chi connectivity index (χ4n) is 3.16. The van der Waals surface area contributed by atoms with Crippen molar-refractivity contribution in [2.45, 2.75) is 12.1 Å². The lowest BCUT2D eigenvalue weighted by molar-refractivity contribution is -0.118. The van der Waals surface area contributed by atoms with Gasteiger partial charge < -0.3 is 4.74 Å². The Hall–Kier alpha value is -3.91. The van der Waals surface area contributed by atoms with Crippen molar-refractivity contribution in [3.8, 4) is 22.8 Å². The Morgan fingerprint density at radius 1 is 1.00 bits per heavy atom. The molecule has 8 heteroatoms. The first-order valence-electron chi connectivity index (χ1n) is 10.5. The number of benzene rings is 3. The van der Waals surface area contributed by atoms with Crippen molar-refractivity contribution in [3.05, 3.63) is 90.5 Å². The highest BCUT2D eigenvalue weighted by molar-refractivity contribution is 7.99. The van der Waals surface area contributed by atoms with Gasteiger partial charge in [0.2, 0.25) is 0 Å². The fourth-order valence-corrected chi connectivity index (χ4v) is 3.90. The molecule has 1 amide bonds. The summed E-state index contributed by atoms with van der Waals surface area (Å²) in [7, 11) is 0. The molecule has 3 aromatic carbocycles. The van der Waals surface area contributed by atoms with Crippen molar-refractivity contribution in [1.82, 2.24) is 20.2 Å². The zero-order chi connectivity index (χ0) is 22.9. The molecule has 166 valence electrons. The third-order valence-electron chi connectivity index (χ3n) is 4.62. The van der Waals surface area contributed by atoms with E-state index in [1.54, 1.807) is 6.21 Å². The molecule has 4 rings (SSSR count). The summed E-state index contributed by atoms with van der Waals surface area (Å²) in [6.07, 6.45) is 1.58. The topological polar surface area (TPSA) is 81.4 Å². The average molecular weight is 458 g/mol. The Balaban J connectivity index is 1.46. The van der Waals surface area contributed by atoms with E-state index in [0.717, 1.165) is 28.4 Å². The van der Waals surface area contributed by atoms with E-state index >= 15 is 0 Å². The van der Waals surface area contributed by atoms with Crippen molar-refractivity contribution in [1.29, 1.82) is 0 Å². The predicted molar refractivity (Wildman–Crippen MR) is 131 cm³/mol. The first-order valence-corrected chi connectivity index (χ1v) is 11.5. The van der Waals surface area contributed by atoms with Crippen molar-refractivity contribution < 1.29 is 9.53 Å². The van der Waals surface area contributed by atoms with Gasteiger partial charge in [-0.05, 0) is 31.2 Å². The Bertz CT molecular complexity index is 1230. The van der Waals surface area contributed by atoms with Crippen molar-refractivity contribution in [2.75, 3.05) is 12.4 Å². The van der Waals surface area contributed by atoms with E-state index in [4.69, 9.17) is 4.74 Å². The van der Waals surface area contributed by atoms with E-state index in [0.29, 0.717) is 11.8 Å². The van der Waals surface area contributed by atoms with Crippen molar-refractivity contribution >= 4 is 23.9 Å². The van der Waals surface area contributed by atoms with Crippen LogP contribution in [0.15, 0.2) is 95.2 Å². The quantitative estimate of drug-likeness (QED) is 0.226. The number of aromatic nitrogens is 3. The van der Waals surface area contributed by atoms with Gasteiger partial charge in [0.1, 0.15) is 5.75 Å². The average Bonchev–Trinajstić information content (AvgIpc) is 3.29. The van der Waals surface area contributed by atoms with Crippen LogP contribution in [0.25, 0.3) is 17.1 Å². The molecule has 0 aliphatic rings. The van der Waals surface area contributed by atoms with E-state index in [2.05, 4.69) is 20.7 Å². The van der Waals surface area contributed by atoms with Crippen LogP contribution >= 0.6 is 11.8 Å². The summed E-state index contributed by atoms with van der Waals surface area (Å²) < 4.78 is 7.52. The highest BCUT2D eigenvalue weighted by atomic mass is 32.2. The molecule has 1 N–H and O–H groups in total. The van der Waals surface area contributed by atoms with Crippen LogP contribution in [-0.4, -0.2) is 39.2 Å². The lowest BCUT2D eigenvalue weighted by Crippen LogP contribution is -2.20. The Labute approximate surface area is 196 Å². The largest absolute Gasteiger partial charge is 0.493 e. The maximum Gasteiger partial charge on any atom is 0.250 e. The summed E-state index contributed by atoms with van der Waals surface area (Å²) in [6.45, 7) is 2.48. The van der Waals surface area contributed by atoms with Crippen LogP contribution < -0.4 is 10.2 Å². The summed E-state index contributed by atoms with van der Waals surface area (Å²) in [5, 5.41) is 13.4. The molecule has 1 heterocycles. The van der Waals surface area contributed by atoms with Gasteiger partial charge in [0.25, 0.3) is 5.91 Å². The number of rotatable bonds is 9. The molecule has 33 heavy (non-hydrogen) atoms. The molecule has 0 fully saturated rings. The third kappa shape index (κ3) is 5.67. The predicted octanol–water partition coefficient (Wildman–Crippen LogP) is 4.58. The van der Waals surface area contributed by atoms with Crippen molar-refractivity contribution in [3.63, 3.8) is 0 Å². The number of para-hydroxylation sites is 2. The minimum atomic E-state index is -0.242. The number of thioether (sulfide) groups is 1. The molecule has 0 spiro atoms. The van der Waals surface area contributed by atoms with Gasteiger partial charge in [-0.1, -0.05) is 72.4 Å². The molecule has 0 aliphatic carbocycles. The Morgan fingerprint density at radius 2 is 1.70 bits per heavy atom. The maximum absolute atomic E-state index is 12.4. The van der Waals surface area contributed by atoms with Gasteiger partial charge in [0.15, 0.2) is 11.0 Å². The summed E-state index contributed by atoms with van der Waals surface area (Å²) in [4.78, 5) is 12.4. The number of hydrazone groups is 1. The molecule has 7 nitrogen and oxygen atoms in total. The molecule has 0 aliphatic heterocycles. The molecule has 0 saturated heterocycles. The lowest BCUT2D eigenvalue weighted by Gasteiger charge is -2.10. The molecular weight excluding hydrogens is 434 g/mol. The highest BCUT2D eigenvalue weighted by Gasteiger charge is 2.17. The normalized spacial score (nSPS) is 10.9. The molecule has 0 radical (unpaired) electrons. The first-order chi connectivity index (χ1) is 16.3. The second-order valence-electron chi connectivity index (χ2n) is 6.90. The number of ether oxygens (including phenoxy) is 1. The molecule has 0 unspecified atom stereocenters. The van der Waals surface area contributed by atoms with Gasteiger partial charge in [-0.3, -0.25) is 9.36 Å². The van der Waals surface area contributed by atoms with E-state index in [1.165, 1.54) is 11.8 Å². The fraction of sp³-hybridized carbons (Fsp3) is 0.120. The van der Waals surface area contributed by atoms with Crippen LogP contribution in [0.5, 0.6) is 5.75 Å². The minimum absolute atomic E-state index is 0.143. The molecular formula is C25H23N5O2S. The lowest BCUT2D eigenvalue weighted by atomic mass is 10.2. The zero-order valence-corrected chi connectivity index (χ0v) is 18.9. The smallest absolute Gasteiger partial charge is 0.250 e. The van der Waals surface area contributed by atoms with Crippen LogP contribution in [0, 0.1) is 0 Å². The maximum atomic E-state index is 12.4.